The van der Waals surface area contributed by atoms with Crippen LogP contribution >= 0.6 is 11.6 Å². The third-order valence-electron chi connectivity index (χ3n) is 6.87. The van der Waals surface area contributed by atoms with Crippen molar-refractivity contribution in [3.05, 3.63) is 47.1 Å². The van der Waals surface area contributed by atoms with Crippen molar-refractivity contribution in [2.24, 2.45) is 5.92 Å². The minimum absolute atomic E-state index is 0.129. The van der Waals surface area contributed by atoms with Crippen molar-refractivity contribution in [3.8, 4) is 0 Å². The van der Waals surface area contributed by atoms with Crippen LogP contribution in [0.2, 0.25) is 5.15 Å². The van der Waals surface area contributed by atoms with E-state index in [0.29, 0.717) is 69.4 Å². The molecule has 2 fully saturated rings. The van der Waals surface area contributed by atoms with Gasteiger partial charge in [-0.15, -0.1) is 10.2 Å². The molecule has 4 rings (SSSR count). The van der Waals surface area contributed by atoms with Crippen LogP contribution in [0.4, 0.5) is 11.5 Å². The van der Waals surface area contributed by atoms with Gasteiger partial charge in [-0.25, -0.2) is 0 Å². The van der Waals surface area contributed by atoms with E-state index in [2.05, 4.69) is 15.1 Å². The zero-order valence-electron chi connectivity index (χ0n) is 18.9. The summed E-state index contributed by atoms with van der Waals surface area (Å²) in [6.45, 7) is 4.62. The monoisotopic (exact) mass is 471 g/mol. The highest BCUT2D eigenvalue weighted by atomic mass is 35.5. The van der Waals surface area contributed by atoms with E-state index in [-0.39, 0.29) is 17.8 Å². The number of carbonyl (C=O) groups excluding carboxylic acids is 2. The molecule has 0 aliphatic carbocycles. The molecule has 3 heterocycles. The summed E-state index contributed by atoms with van der Waals surface area (Å²) >= 11 is 6.04. The Hall–Kier alpha value is -2.87. The van der Waals surface area contributed by atoms with Gasteiger partial charge in [-0.1, -0.05) is 41.9 Å². The van der Waals surface area contributed by atoms with Gasteiger partial charge in [0.1, 0.15) is 0 Å². The number of carbonyl (C=O) groups is 2. The van der Waals surface area contributed by atoms with Crippen molar-refractivity contribution in [2.45, 2.75) is 38.0 Å². The fourth-order valence-electron chi connectivity index (χ4n) is 5.02. The van der Waals surface area contributed by atoms with Crippen LogP contribution in [0.1, 0.15) is 38.2 Å². The Morgan fingerprint density at radius 3 is 2.42 bits per heavy atom. The number of nitrogen functional groups attached to an aromatic ring is 1. The highest BCUT2D eigenvalue weighted by Gasteiger charge is 2.46. The maximum Gasteiger partial charge on any atom is 0.309 e. The van der Waals surface area contributed by atoms with Gasteiger partial charge in [-0.3, -0.25) is 9.59 Å². The van der Waals surface area contributed by atoms with Crippen LogP contribution in [-0.2, 0) is 19.7 Å². The standard InChI is InChI=1S/C24H30ClN5O3/c1-2-33-22(31)17-8-12-30(13-9-17)23(32)24(18-6-4-3-5-7-18)10-14-29(15-11-24)19-16-20(25)27-28-21(19)26/h3-7,16-17H,2,8-15H2,1H3,(H2,26,28). The molecule has 2 saturated heterocycles. The minimum Gasteiger partial charge on any atom is -0.466 e. The predicted molar refractivity (Wildman–Crippen MR) is 127 cm³/mol. The lowest BCUT2D eigenvalue weighted by molar-refractivity contribution is -0.152. The molecular formula is C24H30ClN5O3. The van der Waals surface area contributed by atoms with E-state index < -0.39 is 5.41 Å². The molecule has 2 N–H and O–H groups in total. The zero-order chi connectivity index (χ0) is 23.4. The van der Waals surface area contributed by atoms with Gasteiger partial charge in [0.25, 0.3) is 0 Å². The first-order valence-corrected chi connectivity index (χ1v) is 11.9. The predicted octanol–water partition coefficient (Wildman–Crippen LogP) is 3.05. The molecule has 2 aliphatic rings. The van der Waals surface area contributed by atoms with E-state index in [9.17, 15) is 9.59 Å². The lowest BCUT2D eigenvalue weighted by atomic mass is 9.71. The maximum absolute atomic E-state index is 14.0. The first-order valence-electron chi connectivity index (χ1n) is 11.5. The number of amides is 1. The number of anilines is 2. The first kappa shape index (κ1) is 23.3. The zero-order valence-corrected chi connectivity index (χ0v) is 19.6. The summed E-state index contributed by atoms with van der Waals surface area (Å²) in [5.74, 6) is 0.182. The number of piperidine rings is 2. The molecule has 1 aromatic carbocycles. The summed E-state index contributed by atoms with van der Waals surface area (Å²) in [6.07, 6.45) is 2.57. The number of nitrogens with two attached hydrogens (primary N) is 1. The van der Waals surface area contributed by atoms with Crippen molar-refractivity contribution in [1.29, 1.82) is 0 Å². The van der Waals surface area contributed by atoms with Crippen molar-refractivity contribution >= 4 is 35.0 Å². The Balaban J connectivity index is 1.53. The van der Waals surface area contributed by atoms with Crippen LogP contribution in [0.5, 0.6) is 0 Å². The molecule has 2 aliphatic heterocycles. The fraction of sp³-hybridized carbons (Fsp3) is 0.500. The second-order valence-electron chi connectivity index (χ2n) is 8.69. The Kier molecular flexibility index (Phi) is 7.02. The van der Waals surface area contributed by atoms with E-state index in [4.69, 9.17) is 22.1 Å². The lowest BCUT2D eigenvalue weighted by Gasteiger charge is -2.45. The van der Waals surface area contributed by atoms with Crippen molar-refractivity contribution < 1.29 is 14.3 Å². The van der Waals surface area contributed by atoms with Crippen molar-refractivity contribution in [2.75, 3.05) is 43.4 Å². The van der Waals surface area contributed by atoms with Crippen LogP contribution in [0.25, 0.3) is 0 Å². The topological polar surface area (TPSA) is 102 Å². The molecular weight excluding hydrogens is 442 g/mol. The molecule has 1 amide bonds. The lowest BCUT2D eigenvalue weighted by Crippen LogP contribution is -2.55. The van der Waals surface area contributed by atoms with Gasteiger partial charge in [0.15, 0.2) is 11.0 Å². The first-order chi connectivity index (χ1) is 15.9. The molecule has 176 valence electrons. The molecule has 0 atom stereocenters. The molecule has 33 heavy (non-hydrogen) atoms. The number of ether oxygens (including phenoxy) is 1. The summed E-state index contributed by atoms with van der Waals surface area (Å²) in [7, 11) is 0. The van der Waals surface area contributed by atoms with Crippen molar-refractivity contribution in [3.63, 3.8) is 0 Å². The molecule has 2 aromatic rings. The number of aromatic nitrogens is 2. The number of halogens is 1. The number of likely N-dealkylation sites (tertiary alicyclic amines) is 1. The number of rotatable bonds is 5. The Bertz CT molecular complexity index is 987. The molecule has 0 radical (unpaired) electrons. The summed E-state index contributed by atoms with van der Waals surface area (Å²) in [6, 6.07) is 11.7. The van der Waals surface area contributed by atoms with Gasteiger partial charge in [0.05, 0.1) is 23.6 Å². The van der Waals surface area contributed by atoms with E-state index in [0.717, 1.165) is 11.3 Å². The normalized spacial score (nSPS) is 18.7. The van der Waals surface area contributed by atoms with Crippen LogP contribution in [0.3, 0.4) is 0 Å². The van der Waals surface area contributed by atoms with E-state index in [1.165, 1.54) is 0 Å². The van der Waals surface area contributed by atoms with Crippen LogP contribution in [-0.4, -0.2) is 59.8 Å². The molecule has 9 heteroatoms. The van der Waals surface area contributed by atoms with E-state index >= 15 is 0 Å². The van der Waals surface area contributed by atoms with E-state index in [1.54, 1.807) is 6.07 Å². The Labute approximate surface area is 199 Å². The summed E-state index contributed by atoms with van der Waals surface area (Å²) < 4.78 is 5.18. The quantitative estimate of drug-likeness (QED) is 0.668. The maximum atomic E-state index is 14.0. The van der Waals surface area contributed by atoms with Gasteiger partial charge in [0, 0.05) is 32.2 Å². The van der Waals surface area contributed by atoms with Crippen LogP contribution < -0.4 is 10.6 Å². The second kappa shape index (κ2) is 9.95. The fourth-order valence-corrected chi connectivity index (χ4v) is 5.16. The van der Waals surface area contributed by atoms with Gasteiger partial charge in [-0.05, 0) is 38.2 Å². The largest absolute Gasteiger partial charge is 0.466 e. The molecule has 0 unspecified atom stereocenters. The van der Waals surface area contributed by atoms with Crippen LogP contribution in [0.15, 0.2) is 36.4 Å². The summed E-state index contributed by atoms with van der Waals surface area (Å²) in [5.41, 5.74) is 7.21. The molecule has 8 nitrogen and oxygen atoms in total. The van der Waals surface area contributed by atoms with Gasteiger partial charge < -0.3 is 20.3 Å². The van der Waals surface area contributed by atoms with Gasteiger partial charge in [-0.2, -0.15) is 0 Å². The Morgan fingerprint density at radius 2 is 1.79 bits per heavy atom. The highest BCUT2D eigenvalue weighted by Crippen LogP contribution is 2.40. The van der Waals surface area contributed by atoms with Gasteiger partial charge >= 0.3 is 5.97 Å². The molecule has 0 saturated carbocycles. The number of hydrogen-bond donors (Lipinski definition) is 1. The van der Waals surface area contributed by atoms with Crippen LogP contribution in [0, 0.1) is 5.92 Å². The molecule has 1 aromatic heterocycles. The van der Waals surface area contributed by atoms with Gasteiger partial charge in [0.2, 0.25) is 5.91 Å². The Morgan fingerprint density at radius 1 is 1.12 bits per heavy atom. The summed E-state index contributed by atoms with van der Waals surface area (Å²) in [4.78, 5) is 30.1. The molecule has 0 bridgehead atoms. The number of nitrogens with zero attached hydrogens (tertiary/aromatic N) is 4. The number of hydrogen-bond acceptors (Lipinski definition) is 7. The average molecular weight is 472 g/mol. The second-order valence-corrected chi connectivity index (χ2v) is 9.08. The molecule has 0 spiro atoms. The third kappa shape index (κ3) is 4.76. The highest BCUT2D eigenvalue weighted by molar-refractivity contribution is 6.29. The SMILES string of the molecule is CCOC(=O)C1CCN(C(=O)C2(c3ccccc3)CCN(c3cc(Cl)nnc3N)CC2)CC1. The minimum atomic E-state index is -0.618. The number of esters is 1. The van der Waals surface area contributed by atoms with E-state index in [1.807, 2.05) is 42.2 Å². The smallest absolute Gasteiger partial charge is 0.309 e. The average Bonchev–Trinajstić information content (AvgIpc) is 2.86. The third-order valence-corrected chi connectivity index (χ3v) is 7.05. The number of benzene rings is 1. The summed E-state index contributed by atoms with van der Waals surface area (Å²) in [5, 5.41) is 8.02. The van der Waals surface area contributed by atoms with Crippen molar-refractivity contribution in [1.82, 2.24) is 15.1 Å².